The molecule has 0 spiro atoms. The van der Waals surface area contributed by atoms with Gasteiger partial charge in [-0.15, -0.1) is 0 Å². The summed E-state index contributed by atoms with van der Waals surface area (Å²) in [7, 11) is 0. The van der Waals surface area contributed by atoms with Crippen LogP contribution in [0, 0.1) is 25.2 Å². The first kappa shape index (κ1) is 19.0. The van der Waals surface area contributed by atoms with Crippen LogP contribution in [0.15, 0.2) is 42.5 Å². The fourth-order valence-corrected chi connectivity index (χ4v) is 3.28. The Hall–Kier alpha value is -2.77. The first-order valence-corrected chi connectivity index (χ1v) is 9.38. The minimum Gasteiger partial charge on any atom is -0.489 e. The molecular weight excluding hydrogens is 358 g/mol. The summed E-state index contributed by atoms with van der Waals surface area (Å²) in [6.45, 7) is 6.61. The van der Waals surface area contributed by atoms with Gasteiger partial charge in [0.25, 0.3) is 0 Å². The normalized spacial score (nSPS) is 10.6. The molecule has 0 fully saturated rings. The summed E-state index contributed by atoms with van der Waals surface area (Å²) in [6.07, 6.45) is 2.22. The Bertz CT molecular complexity index is 984. The lowest BCUT2D eigenvalue weighted by molar-refractivity contribution is 0.304. The average Bonchev–Trinajstić information content (AvgIpc) is 2.95. The molecule has 0 saturated heterocycles. The Morgan fingerprint density at radius 1 is 1.15 bits per heavy atom. The first-order chi connectivity index (χ1) is 13.0. The van der Waals surface area contributed by atoms with Gasteiger partial charge in [0.15, 0.2) is 0 Å². The Labute approximate surface area is 165 Å². The largest absolute Gasteiger partial charge is 0.489 e. The van der Waals surface area contributed by atoms with Gasteiger partial charge in [-0.1, -0.05) is 37.1 Å². The molecule has 0 bridgehead atoms. The number of nitriles is 1. The third-order valence-electron chi connectivity index (χ3n) is 4.60. The second-order valence-corrected chi connectivity index (χ2v) is 6.93. The van der Waals surface area contributed by atoms with E-state index in [1.807, 2.05) is 36.7 Å². The second kappa shape index (κ2) is 8.28. The number of rotatable bonds is 6. The summed E-state index contributed by atoms with van der Waals surface area (Å²) in [6, 6.07) is 15.6. The van der Waals surface area contributed by atoms with Crippen LogP contribution >= 0.6 is 11.6 Å². The van der Waals surface area contributed by atoms with Crippen molar-refractivity contribution in [2.24, 2.45) is 0 Å². The van der Waals surface area contributed by atoms with Crippen LogP contribution in [0.4, 0.5) is 0 Å². The van der Waals surface area contributed by atoms with Gasteiger partial charge < -0.3 is 4.74 Å². The van der Waals surface area contributed by atoms with Crippen LogP contribution in [-0.2, 0) is 13.0 Å². The van der Waals surface area contributed by atoms with E-state index in [9.17, 15) is 0 Å². The minimum atomic E-state index is 0.424. The van der Waals surface area contributed by atoms with E-state index in [4.69, 9.17) is 21.6 Å². The van der Waals surface area contributed by atoms with Crippen molar-refractivity contribution < 1.29 is 4.74 Å². The molecule has 0 saturated carbocycles. The fraction of sp³-hybridized carbons (Fsp3) is 0.273. The van der Waals surface area contributed by atoms with E-state index < -0.39 is 0 Å². The zero-order valence-electron chi connectivity index (χ0n) is 15.8. The van der Waals surface area contributed by atoms with Crippen LogP contribution in [0.1, 0.15) is 41.4 Å². The molecule has 3 rings (SSSR count). The molecule has 4 nitrogen and oxygen atoms in total. The second-order valence-electron chi connectivity index (χ2n) is 6.52. The highest BCUT2D eigenvalue weighted by molar-refractivity contribution is 6.31. The average molecular weight is 380 g/mol. The van der Waals surface area contributed by atoms with E-state index in [0.29, 0.717) is 17.2 Å². The number of benzene rings is 2. The maximum atomic E-state index is 9.03. The van der Waals surface area contributed by atoms with Crippen LogP contribution in [0.3, 0.4) is 0 Å². The third kappa shape index (κ3) is 4.15. The van der Waals surface area contributed by atoms with Gasteiger partial charge in [0.2, 0.25) is 0 Å². The fourth-order valence-electron chi connectivity index (χ4n) is 3.06. The number of halogens is 1. The molecule has 3 aromatic rings. The maximum absolute atomic E-state index is 9.03. The molecule has 0 aliphatic rings. The van der Waals surface area contributed by atoms with Crippen LogP contribution in [-0.4, -0.2) is 9.78 Å². The molecule has 1 aromatic heterocycles. The molecule has 1 heterocycles. The topological polar surface area (TPSA) is 50.8 Å². The molecule has 0 amide bonds. The van der Waals surface area contributed by atoms with Crippen molar-refractivity contribution >= 4 is 11.6 Å². The zero-order chi connectivity index (χ0) is 19.4. The monoisotopic (exact) mass is 379 g/mol. The lowest BCUT2D eigenvalue weighted by atomic mass is 10.1. The van der Waals surface area contributed by atoms with E-state index in [0.717, 1.165) is 41.2 Å². The van der Waals surface area contributed by atoms with Crippen molar-refractivity contribution in [3.8, 4) is 17.5 Å². The minimum absolute atomic E-state index is 0.424. The van der Waals surface area contributed by atoms with Gasteiger partial charge in [0, 0.05) is 11.3 Å². The first-order valence-electron chi connectivity index (χ1n) is 9.00. The highest BCUT2D eigenvalue weighted by Crippen LogP contribution is 2.24. The number of nitrogens with zero attached hydrogens (tertiary/aromatic N) is 3. The molecule has 0 aliphatic carbocycles. The zero-order valence-corrected chi connectivity index (χ0v) is 16.5. The molecule has 0 atom stereocenters. The summed E-state index contributed by atoms with van der Waals surface area (Å²) < 4.78 is 7.81. The summed E-state index contributed by atoms with van der Waals surface area (Å²) in [4.78, 5) is 0. The predicted molar refractivity (Wildman–Crippen MR) is 108 cm³/mol. The Morgan fingerprint density at radius 2 is 1.89 bits per heavy atom. The van der Waals surface area contributed by atoms with Gasteiger partial charge in [-0.05, 0) is 56.2 Å². The summed E-state index contributed by atoms with van der Waals surface area (Å²) in [5.74, 6) is 0.850. The molecule has 5 heteroatoms. The maximum Gasteiger partial charge on any atom is 0.119 e. The van der Waals surface area contributed by atoms with Crippen LogP contribution in [0.25, 0.3) is 5.69 Å². The molecular formula is C22H22ClN3O. The molecule has 0 radical (unpaired) electrons. The van der Waals surface area contributed by atoms with Gasteiger partial charge in [-0.25, -0.2) is 4.68 Å². The lowest BCUT2D eigenvalue weighted by Gasteiger charge is -2.09. The van der Waals surface area contributed by atoms with Gasteiger partial charge in [0.05, 0.1) is 22.0 Å². The van der Waals surface area contributed by atoms with E-state index in [1.54, 1.807) is 12.1 Å². The van der Waals surface area contributed by atoms with Crippen LogP contribution in [0.2, 0.25) is 5.02 Å². The lowest BCUT2D eigenvalue weighted by Crippen LogP contribution is -2.02. The highest BCUT2D eigenvalue weighted by atomic mass is 35.5. The molecule has 0 aliphatic heterocycles. The van der Waals surface area contributed by atoms with Crippen molar-refractivity contribution in [1.82, 2.24) is 9.78 Å². The number of hydrogen-bond donors (Lipinski definition) is 0. The van der Waals surface area contributed by atoms with Crippen molar-refractivity contribution in [1.29, 1.82) is 5.26 Å². The van der Waals surface area contributed by atoms with E-state index in [1.165, 1.54) is 5.56 Å². The molecule has 27 heavy (non-hydrogen) atoms. The number of aromatic nitrogens is 2. The predicted octanol–water partition coefficient (Wildman–Crippen LogP) is 5.55. The van der Waals surface area contributed by atoms with Crippen molar-refractivity contribution in [3.63, 3.8) is 0 Å². The third-order valence-corrected chi connectivity index (χ3v) is 4.92. The van der Waals surface area contributed by atoms with E-state index in [-0.39, 0.29) is 0 Å². The summed E-state index contributed by atoms with van der Waals surface area (Å²) in [5, 5.41) is 14.1. The van der Waals surface area contributed by atoms with Gasteiger partial charge in [-0.2, -0.15) is 10.4 Å². The summed E-state index contributed by atoms with van der Waals surface area (Å²) in [5.41, 5.74) is 5.56. The quantitative estimate of drug-likeness (QED) is 0.564. The van der Waals surface area contributed by atoms with Crippen molar-refractivity contribution in [3.05, 3.63) is 75.6 Å². The summed E-state index contributed by atoms with van der Waals surface area (Å²) >= 11 is 6.17. The number of aryl methyl sites for hydroxylation is 2. The van der Waals surface area contributed by atoms with E-state index >= 15 is 0 Å². The SMILES string of the molecule is CCCc1ccc(OCc2c(C)nn(-c3ccc(C#N)c(Cl)c3)c2C)cc1. The number of hydrogen-bond acceptors (Lipinski definition) is 3. The standard InChI is InChI=1S/C22H22ClN3O/c1-4-5-17-6-10-20(11-7-17)27-14-21-15(2)25-26(16(21)3)19-9-8-18(13-24)22(23)12-19/h6-12H,4-5,14H2,1-3H3. The van der Waals surface area contributed by atoms with E-state index in [2.05, 4.69) is 30.2 Å². The number of ether oxygens (including phenoxy) is 1. The molecule has 0 N–H and O–H groups in total. The van der Waals surface area contributed by atoms with Crippen LogP contribution in [0.5, 0.6) is 5.75 Å². The van der Waals surface area contributed by atoms with Gasteiger partial charge in [0.1, 0.15) is 18.4 Å². The van der Waals surface area contributed by atoms with Crippen LogP contribution < -0.4 is 4.74 Å². The Balaban J connectivity index is 1.79. The highest BCUT2D eigenvalue weighted by Gasteiger charge is 2.14. The molecule has 2 aromatic carbocycles. The van der Waals surface area contributed by atoms with Gasteiger partial charge in [-0.3, -0.25) is 0 Å². The van der Waals surface area contributed by atoms with Crippen molar-refractivity contribution in [2.45, 2.75) is 40.2 Å². The smallest absolute Gasteiger partial charge is 0.119 e. The molecule has 138 valence electrons. The van der Waals surface area contributed by atoms with Crippen molar-refractivity contribution in [2.75, 3.05) is 0 Å². The Morgan fingerprint density at radius 3 is 2.52 bits per heavy atom. The Kier molecular flexibility index (Phi) is 5.83. The molecule has 0 unspecified atom stereocenters. The van der Waals surface area contributed by atoms with Gasteiger partial charge >= 0.3 is 0 Å².